The normalized spacial score (nSPS) is 12.3. The SMILES string of the molecule is CCCCCCCCCCN(CCCCCCCCCC)C(=O)[C@@H](N)CCCCN. The van der Waals surface area contributed by atoms with Crippen LogP contribution in [-0.2, 0) is 4.79 Å². The molecule has 0 saturated carbocycles. The van der Waals surface area contributed by atoms with E-state index in [-0.39, 0.29) is 11.9 Å². The number of carbonyl (C=O) groups is 1. The van der Waals surface area contributed by atoms with Gasteiger partial charge in [-0.2, -0.15) is 0 Å². The smallest absolute Gasteiger partial charge is 0.239 e. The monoisotopic (exact) mass is 425 g/mol. The van der Waals surface area contributed by atoms with Crippen molar-refractivity contribution in [3.63, 3.8) is 0 Å². The number of carbonyl (C=O) groups excluding carboxylic acids is 1. The molecule has 4 nitrogen and oxygen atoms in total. The van der Waals surface area contributed by atoms with Crippen LogP contribution in [0, 0.1) is 0 Å². The lowest BCUT2D eigenvalue weighted by Gasteiger charge is -2.26. The summed E-state index contributed by atoms with van der Waals surface area (Å²) in [6, 6.07) is -0.348. The van der Waals surface area contributed by atoms with Gasteiger partial charge in [0.15, 0.2) is 0 Å². The average molecular weight is 426 g/mol. The Morgan fingerprint density at radius 3 is 1.43 bits per heavy atom. The summed E-state index contributed by atoms with van der Waals surface area (Å²) >= 11 is 0. The second-order valence-electron chi connectivity index (χ2n) is 9.17. The molecule has 0 spiro atoms. The molecule has 4 heteroatoms. The van der Waals surface area contributed by atoms with Crippen LogP contribution in [0.15, 0.2) is 0 Å². The van der Waals surface area contributed by atoms with Gasteiger partial charge in [0.1, 0.15) is 0 Å². The van der Waals surface area contributed by atoms with E-state index in [1.54, 1.807) is 0 Å². The van der Waals surface area contributed by atoms with Crippen molar-refractivity contribution in [1.29, 1.82) is 0 Å². The molecular formula is C26H55N3O. The maximum absolute atomic E-state index is 12.9. The molecule has 1 amide bonds. The molecular weight excluding hydrogens is 370 g/mol. The predicted octanol–water partition coefficient (Wildman–Crippen LogP) is 6.55. The first kappa shape index (κ1) is 29.4. The first-order valence-electron chi connectivity index (χ1n) is 13.4. The fourth-order valence-electron chi connectivity index (χ4n) is 4.07. The highest BCUT2D eigenvalue weighted by Crippen LogP contribution is 2.12. The van der Waals surface area contributed by atoms with Gasteiger partial charge in [0.05, 0.1) is 6.04 Å². The number of rotatable bonds is 23. The highest BCUT2D eigenvalue weighted by Gasteiger charge is 2.20. The van der Waals surface area contributed by atoms with Gasteiger partial charge < -0.3 is 16.4 Å². The lowest BCUT2D eigenvalue weighted by Crippen LogP contribution is -2.44. The number of nitrogens with two attached hydrogens (primary N) is 2. The van der Waals surface area contributed by atoms with E-state index in [2.05, 4.69) is 18.7 Å². The second kappa shape index (κ2) is 23.1. The number of hydrogen-bond acceptors (Lipinski definition) is 3. The summed E-state index contributed by atoms with van der Waals surface area (Å²) in [5, 5.41) is 0. The van der Waals surface area contributed by atoms with Crippen molar-refractivity contribution in [2.45, 2.75) is 142 Å². The molecule has 0 bridgehead atoms. The summed E-state index contributed by atoms with van der Waals surface area (Å²) < 4.78 is 0. The topological polar surface area (TPSA) is 72.3 Å². The Morgan fingerprint density at radius 2 is 1.03 bits per heavy atom. The Bertz CT molecular complexity index is 342. The molecule has 0 radical (unpaired) electrons. The van der Waals surface area contributed by atoms with Crippen molar-refractivity contribution in [1.82, 2.24) is 4.90 Å². The molecule has 0 aromatic carbocycles. The zero-order valence-electron chi connectivity index (χ0n) is 20.6. The summed E-state index contributed by atoms with van der Waals surface area (Å²) in [7, 11) is 0. The highest BCUT2D eigenvalue weighted by molar-refractivity contribution is 5.81. The molecule has 0 rings (SSSR count). The maximum Gasteiger partial charge on any atom is 0.239 e. The largest absolute Gasteiger partial charge is 0.341 e. The molecule has 0 aliphatic heterocycles. The Hall–Kier alpha value is -0.610. The van der Waals surface area contributed by atoms with Crippen LogP contribution in [0.1, 0.15) is 136 Å². The quantitative estimate of drug-likeness (QED) is 0.182. The molecule has 0 aromatic rings. The van der Waals surface area contributed by atoms with Gasteiger partial charge >= 0.3 is 0 Å². The maximum atomic E-state index is 12.9. The van der Waals surface area contributed by atoms with Gasteiger partial charge in [-0.05, 0) is 32.2 Å². The zero-order chi connectivity index (χ0) is 22.3. The van der Waals surface area contributed by atoms with Gasteiger partial charge in [0.2, 0.25) is 5.91 Å². The standard InChI is InChI=1S/C26H55N3O/c1-3-5-7-9-11-13-15-19-23-29(26(30)25(28)21-17-18-22-27)24-20-16-14-12-10-8-6-4-2/h25H,3-24,27-28H2,1-2H3/t25-/m0/s1. The summed E-state index contributed by atoms with van der Waals surface area (Å²) in [5.41, 5.74) is 11.8. The third kappa shape index (κ3) is 18.2. The van der Waals surface area contributed by atoms with E-state index in [1.165, 1.54) is 89.9 Å². The van der Waals surface area contributed by atoms with E-state index in [4.69, 9.17) is 11.5 Å². The molecule has 0 unspecified atom stereocenters. The number of nitrogens with zero attached hydrogens (tertiary/aromatic N) is 1. The Morgan fingerprint density at radius 1 is 0.633 bits per heavy atom. The van der Waals surface area contributed by atoms with E-state index >= 15 is 0 Å². The fraction of sp³-hybridized carbons (Fsp3) is 0.962. The molecule has 0 aliphatic carbocycles. The number of hydrogen-bond donors (Lipinski definition) is 2. The van der Waals surface area contributed by atoms with Crippen molar-refractivity contribution in [3.8, 4) is 0 Å². The van der Waals surface area contributed by atoms with Crippen LogP contribution in [0.25, 0.3) is 0 Å². The van der Waals surface area contributed by atoms with Gasteiger partial charge in [-0.1, -0.05) is 110 Å². The van der Waals surface area contributed by atoms with Gasteiger partial charge in [-0.25, -0.2) is 0 Å². The molecule has 0 fully saturated rings. The molecule has 0 aromatic heterocycles. The van der Waals surface area contributed by atoms with E-state index in [0.717, 1.165) is 45.2 Å². The average Bonchev–Trinajstić information content (AvgIpc) is 2.75. The molecule has 1 atom stereocenters. The van der Waals surface area contributed by atoms with Crippen molar-refractivity contribution in [3.05, 3.63) is 0 Å². The first-order chi connectivity index (χ1) is 14.7. The van der Waals surface area contributed by atoms with Crippen molar-refractivity contribution in [2.75, 3.05) is 19.6 Å². The van der Waals surface area contributed by atoms with Crippen LogP contribution in [0.4, 0.5) is 0 Å². The van der Waals surface area contributed by atoms with Gasteiger partial charge in [0, 0.05) is 13.1 Å². The van der Waals surface area contributed by atoms with E-state index in [0.29, 0.717) is 6.54 Å². The highest BCUT2D eigenvalue weighted by atomic mass is 16.2. The lowest BCUT2D eigenvalue weighted by molar-refractivity contribution is -0.133. The van der Waals surface area contributed by atoms with Crippen LogP contribution in [0.3, 0.4) is 0 Å². The van der Waals surface area contributed by atoms with Crippen molar-refractivity contribution in [2.24, 2.45) is 11.5 Å². The summed E-state index contributed by atoms with van der Waals surface area (Å²) in [6.45, 7) is 6.97. The minimum absolute atomic E-state index is 0.165. The zero-order valence-corrected chi connectivity index (χ0v) is 20.6. The first-order valence-corrected chi connectivity index (χ1v) is 13.4. The lowest BCUT2D eigenvalue weighted by atomic mass is 10.1. The van der Waals surface area contributed by atoms with Crippen molar-refractivity contribution < 1.29 is 4.79 Å². The summed E-state index contributed by atoms with van der Waals surface area (Å²) in [5.74, 6) is 0.165. The van der Waals surface area contributed by atoms with Gasteiger partial charge in [0.25, 0.3) is 0 Å². The third-order valence-corrected chi connectivity index (χ3v) is 6.16. The van der Waals surface area contributed by atoms with Crippen LogP contribution < -0.4 is 11.5 Å². The predicted molar refractivity (Wildman–Crippen MR) is 133 cm³/mol. The molecule has 0 saturated heterocycles. The minimum Gasteiger partial charge on any atom is -0.341 e. The minimum atomic E-state index is -0.348. The number of unbranched alkanes of at least 4 members (excludes halogenated alkanes) is 15. The van der Waals surface area contributed by atoms with E-state index in [1.807, 2.05) is 0 Å². The molecule has 0 aliphatic rings. The van der Waals surface area contributed by atoms with Crippen molar-refractivity contribution >= 4 is 5.91 Å². The second-order valence-corrected chi connectivity index (χ2v) is 9.17. The van der Waals surface area contributed by atoms with E-state index in [9.17, 15) is 4.79 Å². The van der Waals surface area contributed by atoms with Crippen LogP contribution in [0.2, 0.25) is 0 Å². The molecule has 180 valence electrons. The number of amides is 1. The Kier molecular flexibility index (Phi) is 22.6. The fourth-order valence-corrected chi connectivity index (χ4v) is 4.07. The van der Waals surface area contributed by atoms with E-state index < -0.39 is 0 Å². The van der Waals surface area contributed by atoms with Crippen LogP contribution >= 0.6 is 0 Å². The van der Waals surface area contributed by atoms with Gasteiger partial charge in [-0.3, -0.25) is 4.79 Å². The molecule has 4 N–H and O–H groups in total. The summed E-state index contributed by atoms with van der Waals surface area (Å²) in [4.78, 5) is 15.0. The molecule has 0 heterocycles. The Balaban J connectivity index is 4.16. The summed E-state index contributed by atoms with van der Waals surface area (Å²) in [6.07, 6.45) is 23.5. The Labute approximate surface area is 188 Å². The van der Waals surface area contributed by atoms with Crippen LogP contribution in [0.5, 0.6) is 0 Å². The van der Waals surface area contributed by atoms with Gasteiger partial charge in [-0.15, -0.1) is 0 Å². The third-order valence-electron chi connectivity index (χ3n) is 6.16. The van der Waals surface area contributed by atoms with Crippen LogP contribution in [-0.4, -0.2) is 36.5 Å². The molecule has 30 heavy (non-hydrogen) atoms.